The van der Waals surface area contributed by atoms with E-state index in [1.807, 2.05) is 32.6 Å². The number of aryl methyl sites for hydroxylation is 1. The van der Waals surface area contributed by atoms with Gasteiger partial charge in [-0.15, -0.1) is 0 Å². The zero-order chi connectivity index (χ0) is 14.8. The van der Waals surface area contributed by atoms with E-state index < -0.39 is 0 Å². The summed E-state index contributed by atoms with van der Waals surface area (Å²) in [6, 6.07) is 0.189. The molecule has 0 radical (unpaired) electrons. The number of hydrogen-bond donors (Lipinski definition) is 0. The van der Waals surface area contributed by atoms with Gasteiger partial charge in [0.15, 0.2) is 11.6 Å². The second-order valence-corrected chi connectivity index (χ2v) is 4.47. The predicted octanol–water partition coefficient (Wildman–Crippen LogP) is 3.91. The molecule has 4 heteroatoms. The van der Waals surface area contributed by atoms with Gasteiger partial charge in [-0.05, 0) is 26.7 Å². The Morgan fingerprint density at radius 2 is 1.95 bits per heavy atom. The summed E-state index contributed by atoms with van der Waals surface area (Å²) in [5, 5.41) is 0. The summed E-state index contributed by atoms with van der Waals surface area (Å²) in [7, 11) is 0. The lowest BCUT2D eigenvalue weighted by atomic mass is 10.2. The SMILES string of the molecule is CC.CCCc1nc(C(=O)N(CCC)C(C)C)co1. The summed E-state index contributed by atoms with van der Waals surface area (Å²) >= 11 is 0. The standard InChI is InChI=1S/C13H22N2O2.C2H6/c1-5-7-12-14-11(9-17-12)13(16)15(8-6-2)10(3)4;1-2/h9-10H,5-8H2,1-4H3;1-2H3. The van der Waals surface area contributed by atoms with Gasteiger partial charge in [-0.2, -0.15) is 0 Å². The van der Waals surface area contributed by atoms with Crippen LogP contribution in [0, 0.1) is 0 Å². The Morgan fingerprint density at radius 3 is 2.42 bits per heavy atom. The molecular formula is C15H28N2O2. The van der Waals surface area contributed by atoms with Crippen LogP contribution in [0.1, 0.15) is 70.8 Å². The van der Waals surface area contributed by atoms with Gasteiger partial charge < -0.3 is 9.32 Å². The summed E-state index contributed by atoms with van der Waals surface area (Å²) in [5.41, 5.74) is 0.426. The molecule has 0 fully saturated rings. The lowest BCUT2D eigenvalue weighted by molar-refractivity contribution is 0.0700. The minimum atomic E-state index is -0.0343. The van der Waals surface area contributed by atoms with Gasteiger partial charge in [0, 0.05) is 19.0 Å². The number of carbonyl (C=O) groups is 1. The maximum Gasteiger partial charge on any atom is 0.276 e. The van der Waals surface area contributed by atoms with Crippen LogP contribution < -0.4 is 0 Å². The molecule has 19 heavy (non-hydrogen) atoms. The largest absolute Gasteiger partial charge is 0.448 e. The number of nitrogens with zero attached hydrogens (tertiary/aromatic N) is 2. The Labute approximate surface area is 117 Å². The molecule has 1 heterocycles. The van der Waals surface area contributed by atoms with Crippen LogP contribution in [0.15, 0.2) is 10.7 Å². The number of oxazole rings is 1. The zero-order valence-corrected chi connectivity index (χ0v) is 13.2. The summed E-state index contributed by atoms with van der Waals surface area (Å²) in [6.07, 6.45) is 4.17. The van der Waals surface area contributed by atoms with Crippen molar-refractivity contribution in [3.05, 3.63) is 17.8 Å². The first kappa shape index (κ1) is 17.7. The molecule has 0 saturated heterocycles. The molecule has 0 aliphatic rings. The smallest absolute Gasteiger partial charge is 0.276 e. The lowest BCUT2D eigenvalue weighted by Crippen LogP contribution is -2.37. The van der Waals surface area contributed by atoms with Gasteiger partial charge in [0.2, 0.25) is 0 Å². The van der Waals surface area contributed by atoms with Gasteiger partial charge in [0.25, 0.3) is 5.91 Å². The molecule has 0 saturated carbocycles. The molecule has 1 aromatic rings. The summed E-state index contributed by atoms with van der Waals surface area (Å²) < 4.78 is 5.28. The van der Waals surface area contributed by atoms with Crippen molar-refractivity contribution in [1.82, 2.24) is 9.88 Å². The van der Waals surface area contributed by atoms with Crippen molar-refractivity contribution in [3.63, 3.8) is 0 Å². The number of amides is 1. The van der Waals surface area contributed by atoms with E-state index in [0.717, 1.165) is 25.8 Å². The topological polar surface area (TPSA) is 46.3 Å². The maximum atomic E-state index is 12.2. The minimum absolute atomic E-state index is 0.0343. The third-order valence-corrected chi connectivity index (χ3v) is 2.58. The van der Waals surface area contributed by atoms with Gasteiger partial charge in [0.1, 0.15) is 6.26 Å². The third kappa shape index (κ3) is 5.45. The fourth-order valence-electron chi connectivity index (χ4n) is 1.72. The van der Waals surface area contributed by atoms with Gasteiger partial charge in [0.05, 0.1) is 0 Å². The van der Waals surface area contributed by atoms with E-state index in [9.17, 15) is 4.79 Å². The Hall–Kier alpha value is -1.32. The molecule has 0 spiro atoms. The lowest BCUT2D eigenvalue weighted by Gasteiger charge is -2.25. The second kappa shape index (κ2) is 9.59. The Balaban J connectivity index is 0.00000154. The third-order valence-electron chi connectivity index (χ3n) is 2.58. The number of carbonyl (C=O) groups excluding carboxylic acids is 1. The first-order chi connectivity index (χ1) is 9.10. The molecule has 0 atom stereocenters. The fraction of sp³-hybridized carbons (Fsp3) is 0.733. The minimum Gasteiger partial charge on any atom is -0.448 e. The van der Waals surface area contributed by atoms with E-state index in [-0.39, 0.29) is 11.9 Å². The number of rotatable bonds is 6. The van der Waals surface area contributed by atoms with Crippen LogP contribution in [-0.4, -0.2) is 28.4 Å². The van der Waals surface area contributed by atoms with Crippen LogP contribution in [-0.2, 0) is 6.42 Å². The average molecular weight is 268 g/mol. The van der Waals surface area contributed by atoms with Crippen molar-refractivity contribution in [2.24, 2.45) is 0 Å². The summed E-state index contributed by atoms with van der Waals surface area (Å²) in [6.45, 7) is 12.9. The van der Waals surface area contributed by atoms with E-state index in [1.54, 1.807) is 0 Å². The first-order valence-corrected chi connectivity index (χ1v) is 7.35. The van der Waals surface area contributed by atoms with E-state index in [4.69, 9.17) is 4.42 Å². The van der Waals surface area contributed by atoms with Crippen LogP contribution in [0.4, 0.5) is 0 Å². The van der Waals surface area contributed by atoms with Crippen molar-refractivity contribution < 1.29 is 9.21 Å². The molecule has 0 unspecified atom stereocenters. The van der Waals surface area contributed by atoms with Crippen LogP contribution in [0.5, 0.6) is 0 Å². The molecule has 4 nitrogen and oxygen atoms in total. The van der Waals surface area contributed by atoms with Crippen molar-refractivity contribution in [2.75, 3.05) is 6.54 Å². The molecule has 0 bridgehead atoms. The van der Waals surface area contributed by atoms with E-state index in [2.05, 4.69) is 18.8 Å². The second-order valence-electron chi connectivity index (χ2n) is 4.47. The Kier molecular flexibility index (Phi) is 8.92. The fourth-order valence-corrected chi connectivity index (χ4v) is 1.72. The summed E-state index contributed by atoms with van der Waals surface area (Å²) in [5.74, 6) is 0.615. The maximum absolute atomic E-state index is 12.2. The highest BCUT2D eigenvalue weighted by Crippen LogP contribution is 2.10. The Bertz CT molecular complexity index is 359. The normalized spacial score (nSPS) is 10.1. The predicted molar refractivity (Wildman–Crippen MR) is 78.3 cm³/mol. The van der Waals surface area contributed by atoms with Crippen molar-refractivity contribution in [3.8, 4) is 0 Å². The molecule has 0 N–H and O–H groups in total. The van der Waals surface area contributed by atoms with Crippen molar-refractivity contribution in [2.45, 2.75) is 66.8 Å². The highest BCUT2D eigenvalue weighted by molar-refractivity contribution is 5.92. The zero-order valence-electron chi connectivity index (χ0n) is 13.2. The molecule has 0 aliphatic heterocycles. The molecule has 0 aliphatic carbocycles. The highest BCUT2D eigenvalue weighted by atomic mass is 16.3. The Morgan fingerprint density at radius 1 is 1.32 bits per heavy atom. The molecule has 1 rings (SSSR count). The van der Waals surface area contributed by atoms with E-state index >= 15 is 0 Å². The average Bonchev–Trinajstić information content (AvgIpc) is 2.86. The van der Waals surface area contributed by atoms with Crippen LogP contribution in [0.25, 0.3) is 0 Å². The van der Waals surface area contributed by atoms with E-state index in [0.29, 0.717) is 11.6 Å². The van der Waals surface area contributed by atoms with E-state index in [1.165, 1.54) is 6.26 Å². The summed E-state index contributed by atoms with van der Waals surface area (Å²) in [4.78, 5) is 18.3. The molecule has 110 valence electrons. The van der Waals surface area contributed by atoms with Gasteiger partial charge in [-0.1, -0.05) is 27.7 Å². The van der Waals surface area contributed by atoms with Crippen LogP contribution >= 0.6 is 0 Å². The van der Waals surface area contributed by atoms with Crippen molar-refractivity contribution in [1.29, 1.82) is 0 Å². The number of aromatic nitrogens is 1. The first-order valence-electron chi connectivity index (χ1n) is 7.35. The van der Waals surface area contributed by atoms with Gasteiger partial charge in [-0.3, -0.25) is 4.79 Å². The molecular weight excluding hydrogens is 240 g/mol. The quantitative estimate of drug-likeness (QED) is 0.785. The highest BCUT2D eigenvalue weighted by Gasteiger charge is 2.21. The molecule has 1 amide bonds. The number of hydrogen-bond acceptors (Lipinski definition) is 3. The van der Waals surface area contributed by atoms with Gasteiger partial charge >= 0.3 is 0 Å². The van der Waals surface area contributed by atoms with Crippen molar-refractivity contribution >= 4 is 5.91 Å². The van der Waals surface area contributed by atoms with Crippen LogP contribution in [0.2, 0.25) is 0 Å². The molecule has 0 aromatic carbocycles. The van der Waals surface area contributed by atoms with Gasteiger partial charge in [-0.25, -0.2) is 4.98 Å². The molecule has 1 aromatic heterocycles. The van der Waals surface area contributed by atoms with Crippen LogP contribution in [0.3, 0.4) is 0 Å². The monoisotopic (exact) mass is 268 g/mol.